The van der Waals surface area contributed by atoms with E-state index < -0.39 is 0 Å². The van der Waals surface area contributed by atoms with E-state index in [0.29, 0.717) is 6.54 Å². The number of amides is 2. The molecular formula is C9H17N3O2. The highest BCUT2D eigenvalue weighted by molar-refractivity contribution is 6.05. The number of imide groups is 1. The molecule has 0 spiro atoms. The molecule has 0 bridgehead atoms. The molecule has 0 aromatic rings. The lowest BCUT2D eigenvalue weighted by Crippen LogP contribution is -2.45. The molecule has 1 aliphatic rings. The minimum absolute atomic E-state index is 0.0730. The van der Waals surface area contributed by atoms with Crippen molar-refractivity contribution in [2.24, 2.45) is 0 Å². The summed E-state index contributed by atoms with van der Waals surface area (Å²) in [6.07, 6.45) is 1.09. The molecule has 0 aliphatic carbocycles. The van der Waals surface area contributed by atoms with E-state index in [4.69, 9.17) is 0 Å². The number of hydrogen-bond acceptors (Lipinski definition) is 4. The van der Waals surface area contributed by atoms with Gasteiger partial charge in [-0.3, -0.25) is 14.5 Å². The predicted molar refractivity (Wildman–Crippen MR) is 52.2 cm³/mol. The molecule has 5 heteroatoms. The van der Waals surface area contributed by atoms with Gasteiger partial charge in [-0.1, -0.05) is 6.92 Å². The summed E-state index contributed by atoms with van der Waals surface area (Å²) in [4.78, 5) is 24.4. The molecule has 0 aromatic heterocycles. The number of nitrogens with zero attached hydrogens (tertiary/aromatic N) is 2. The van der Waals surface area contributed by atoms with E-state index >= 15 is 0 Å². The average Bonchev–Trinajstić information content (AvgIpc) is 2.32. The van der Waals surface area contributed by atoms with Crippen LogP contribution >= 0.6 is 0 Å². The van der Waals surface area contributed by atoms with Gasteiger partial charge in [-0.2, -0.15) is 0 Å². The molecule has 1 N–H and O–H groups in total. The van der Waals surface area contributed by atoms with Crippen molar-refractivity contribution in [1.82, 2.24) is 15.3 Å². The van der Waals surface area contributed by atoms with Crippen LogP contribution in [0.5, 0.6) is 0 Å². The van der Waals surface area contributed by atoms with Crippen molar-refractivity contribution < 1.29 is 9.59 Å². The highest BCUT2D eigenvalue weighted by Gasteiger charge is 2.37. The number of hydrogen-bond donors (Lipinski definition) is 1. The molecule has 80 valence electrons. The second kappa shape index (κ2) is 4.52. The lowest BCUT2D eigenvalue weighted by molar-refractivity contribution is -0.139. The highest BCUT2D eigenvalue weighted by Crippen LogP contribution is 2.13. The zero-order chi connectivity index (χ0) is 10.7. The third kappa shape index (κ3) is 2.30. The Balaban J connectivity index is 2.59. The van der Waals surface area contributed by atoms with Crippen LogP contribution in [0.15, 0.2) is 0 Å². The number of hydrazine groups is 1. The van der Waals surface area contributed by atoms with Crippen LogP contribution in [0.3, 0.4) is 0 Å². The molecule has 1 saturated heterocycles. The zero-order valence-electron chi connectivity index (χ0n) is 8.91. The first-order chi connectivity index (χ1) is 6.56. The van der Waals surface area contributed by atoms with Crippen molar-refractivity contribution in [2.75, 3.05) is 20.6 Å². The highest BCUT2D eigenvalue weighted by atomic mass is 16.2. The van der Waals surface area contributed by atoms with Crippen LogP contribution in [0.1, 0.15) is 19.8 Å². The molecule has 2 amide bonds. The SMILES string of the molecule is CCCN1C(=O)CC(NN(C)C)C1=O. The minimum atomic E-state index is -0.371. The Bertz CT molecular complexity index is 240. The van der Waals surface area contributed by atoms with E-state index in [9.17, 15) is 9.59 Å². The third-order valence-corrected chi connectivity index (χ3v) is 2.11. The van der Waals surface area contributed by atoms with Crippen LogP contribution in [0.25, 0.3) is 0 Å². The molecular weight excluding hydrogens is 182 g/mol. The zero-order valence-corrected chi connectivity index (χ0v) is 8.91. The van der Waals surface area contributed by atoms with Crippen LogP contribution in [0, 0.1) is 0 Å². The van der Waals surface area contributed by atoms with Crippen molar-refractivity contribution in [3.63, 3.8) is 0 Å². The fraction of sp³-hybridized carbons (Fsp3) is 0.778. The Morgan fingerprint density at radius 1 is 1.50 bits per heavy atom. The largest absolute Gasteiger partial charge is 0.281 e. The van der Waals surface area contributed by atoms with E-state index in [1.807, 2.05) is 6.92 Å². The Morgan fingerprint density at radius 3 is 2.64 bits per heavy atom. The van der Waals surface area contributed by atoms with Crippen molar-refractivity contribution >= 4 is 11.8 Å². The van der Waals surface area contributed by atoms with Gasteiger partial charge in [0.2, 0.25) is 11.8 Å². The summed E-state index contributed by atoms with van der Waals surface area (Å²) in [5.41, 5.74) is 2.93. The van der Waals surface area contributed by atoms with Crippen molar-refractivity contribution in [3.8, 4) is 0 Å². The second-order valence-electron chi connectivity index (χ2n) is 3.66. The monoisotopic (exact) mass is 199 g/mol. The second-order valence-corrected chi connectivity index (χ2v) is 3.66. The number of rotatable bonds is 4. The van der Waals surface area contributed by atoms with Crippen LogP contribution in [-0.2, 0) is 9.59 Å². The maximum absolute atomic E-state index is 11.7. The molecule has 5 nitrogen and oxygen atoms in total. The lowest BCUT2D eigenvalue weighted by Gasteiger charge is -2.17. The molecule has 1 rings (SSSR count). The Morgan fingerprint density at radius 2 is 2.14 bits per heavy atom. The van der Waals surface area contributed by atoms with Gasteiger partial charge >= 0.3 is 0 Å². The third-order valence-electron chi connectivity index (χ3n) is 2.11. The van der Waals surface area contributed by atoms with Gasteiger partial charge in [-0.25, -0.2) is 10.4 Å². The van der Waals surface area contributed by atoms with Crippen molar-refractivity contribution in [1.29, 1.82) is 0 Å². The maximum Gasteiger partial charge on any atom is 0.248 e. The van der Waals surface area contributed by atoms with Gasteiger partial charge in [0, 0.05) is 20.6 Å². The van der Waals surface area contributed by atoms with E-state index in [-0.39, 0.29) is 24.3 Å². The van der Waals surface area contributed by atoms with Crippen LogP contribution < -0.4 is 5.43 Å². The fourth-order valence-corrected chi connectivity index (χ4v) is 1.55. The first kappa shape index (κ1) is 11.1. The van der Waals surface area contributed by atoms with Gasteiger partial charge in [0.05, 0.1) is 6.42 Å². The topological polar surface area (TPSA) is 52.7 Å². The summed E-state index contributed by atoms with van der Waals surface area (Å²) < 4.78 is 0. The van der Waals surface area contributed by atoms with Gasteiger partial charge in [-0.05, 0) is 6.42 Å². The smallest absolute Gasteiger partial charge is 0.248 e. The summed E-state index contributed by atoms with van der Waals surface area (Å²) in [7, 11) is 3.61. The Hall–Kier alpha value is -0.940. The molecule has 1 fully saturated rings. The first-order valence-electron chi connectivity index (χ1n) is 4.84. The minimum Gasteiger partial charge on any atom is -0.281 e. The molecule has 14 heavy (non-hydrogen) atoms. The summed E-state index contributed by atoms with van der Waals surface area (Å²) in [6, 6.07) is -0.371. The number of carbonyl (C=O) groups is 2. The first-order valence-corrected chi connectivity index (χ1v) is 4.84. The average molecular weight is 199 g/mol. The van der Waals surface area contributed by atoms with Gasteiger partial charge in [0.1, 0.15) is 6.04 Å². The predicted octanol–water partition coefficient (Wildman–Crippen LogP) is -0.410. The Kier molecular flexibility index (Phi) is 3.60. The number of nitrogens with one attached hydrogen (secondary N) is 1. The summed E-state index contributed by atoms with van der Waals surface area (Å²) in [5.74, 6) is -0.179. The normalized spacial score (nSPS) is 22.6. The van der Waals surface area contributed by atoms with Gasteiger partial charge < -0.3 is 0 Å². The quantitative estimate of drug-likeness (QED) is 0.494. The molecule has 1 heterocycles. The van der Waals surface area contributed by atoms with Crippen molar-refractivity contribution in [3.05, 3.63) is 0 Å². The maximum atomic E-state index is 11.7. The van der Waals surface area contributed by atoms with Crippen LogP contribution in [0.4, 0.5) is 0 Å². The molecule has 0 radical (unpaired) electrons. The number of likely N-dealkylation sites (tertiary alicyclic amines) is 1. The number of carbonyl (C=O) groups excluding carboxylic acids is 2. The molecule has 0 saturated carbocycles. The lowest BCUT2D eigenvalue weighted by atomic mass is 10.3. The summed E-state index contributed by atoms with van der Waals surface area (Å²) in [5, 5.41) is 1.70. The van der Waals surface area contributed by atoms with Gasteiger partial charge in [0.15, 0.2) is 0 Å². The molecule has 1 unspecified atom stereocenters. The summed E-state index contributed by atoms with van der Waals surface area (Å²) in [6.45, 7) is 2.48. The van der Waals surface area contributed by atoms with E-state index in [1.165, 1.54) is 4.90 Å². The van der Waals surface area contributed by atoms with E-state index in [2.05, 4.69) is 5.43 Å². The van der Waals surface area contributed by atoms with E-state index in [0.717, 1.165) is 6.42 Å². The molecule has 1 aliphatic heterocycles. The van der Waals surface area contributed by atoms with E-state index in [1.54, 1.807) is 19.1 Å². The standard InChI is InChI=1S/C9H17N3O2/c1-4-5-12-8(13)6-7(9(12)14)10-11(2)3/h7,10H,4-6H2,1-3H3. The van der Waals surface area contributed by atoms with Gasteiger partial charge in [0.25, 0.3) is 0 Å². The van der Waals surface area contributed by atoms with Crippen molar-refractivity contribution in [2.45, 2.75) is 25.8 Å². The molecule has 0 aromatic carbocycles. The molecule has 1 atom stereocenters. The van der Waals surface area contributed by atoms with Crippen LogP contribution in [0.2, 0.25) is 0 Å². The fourth-order valence-electron chi connectivity index (χ4n) is 1.55. The summed E-state index contributed by atoms with van der Waals surface area (Å²) >= 11 is 0. The van der Waals surface area contributed by atoms with Gasteiger partial charge in [-0.15, -0.1) is 0 Å². The van der Waals surface area contributed by atoms with Crippen LogP contribution in [-0.4, -0.2) is 48.4 Å². The Labute approximate surface area is 84.0 Å².